The van der Waals surface area contributed by atoms with Crippen molar-refractivity contribution >= 4 is 5.97 Å². The van der Waals surface area contributed by atoms with E-state index in [-0.39, 0.29) is 12.1 Å². The highest BCUT2D eigenvalue weighted by atomic mass is 16.5. The summed E-state index contributed by atoms with van der Waals surface area (Å²) in [5.74, 6) is 5.83. The number of methoxy groups -OCH3 is 1. The number of carbonyl (C=O) groups is 1. The van der Waals surface area contributed by atoms with Crippen molar-refractivity contribution in [3.63, 3.8) is 0 Å². The molecule has 0 saturated heterocycles. The molecule has 4 unspecified atom stereocenters. The Kier molecular flexibility index (Phi) is 5.62. The van der Waals surface area contributed by atoms with E-state index in [9.17, 15) is 9.90 Å². The second kappa shape index (κ2) is 7.69. The lowest BCUT2D eigenvalue weighted by Gasteiger charge is -2.59. The van der Waals surface area contributed by atoms with Gasteiger partial charge < -0.3 is 9.84 Å². The molecule has 0 amide bonds. The first-order valence-corrected chi connectivity index (χ1v) is 11.7. The molecule has 0 aromatic carbocycles. The Morgan fingerprint density at radius 2 is 1.81 bits per heavy atom. The van der Waals surface area contributed by atoms with Gasteiger partial charge in [-0.05, 0) is 111 Å². The fourth-order valence-corrected chi connectivity index (χ4v) is 8.30. The maximum atomic E-state index is 11.6. The van der Waals surface area contributed by atoms with Crippen molar-refractivity contribution in [2.24, 2.45) is 46.8 Å². The molecule has 3 heteroatoms. The zero-order valence-corrected chi connectivity index (χ0v) is 17.7. The van der Waals surface area contributed by atoms with E-state index in [2.05, 4.69) is 13.8 Å². The van der Waals surface area contributed by atoms with Gasteiger partial charge in [0.05, 0.1) is 13.2 Å². The van der Waals surface area contributed by atoms with Crippen LogP contribution in [0.2, 0.25) is 0 Å². The minimum absolute atomic E-state index is 0.0394. The summed E-state index contributed by atoms with van der Waals surface area (Å²) in [6, 6.07) is 0. The van der Waals surface area contributed by atoms with Crippen molar-refractivity contribution in [3.8, 4) is 0 Å². The topological polar surface area (TPSA) is 46.5 Å². The van der Waals surface area contributed by atoms with E-state index in [4.69, 9.17) is 4.74 Å². The average Bonchev–Trinajstić information content (AvgIpc) is 3.10. The molecular formula is C24H40O3. The molecule has 4 aliphatic carbocycles. The second-order valence-electron chi connectivity index (χ2n) is 10.7. The molecule has 4 aliphatic rings. The predicted octanol–water partition coefficient (Wildman–Crippen LogP) is 5.21. The molecule has 4 rings (SSSR count). The normalized spacial score (nSPS) is 47.5. The number of ether oxygens (including phenoxy) is 1. The molecular weight excluding hydrogens is 336 g/mol. The number of hydrogen-bond donors (Lipinski definition) is 1. The third kappa shape index (κ3) is 3.47. The van der Waals surface area contributed by atoms with E-state index in [0.717, 1.165) is 54.8 Å². The molecule has 0 radical (unpaired) electrons. The van der Waals surface area contributed by atoms with Gasteiger partial charge in [0, 0.05) is 6.42 Å². The van der Waals surface area contributed by atoms with Gasteiger partial charge in [-0.1, -0.05) is 13.8 Å². The SMILES string of the molecule is COC(=O)CCC(C)[C@H]1CCC2C3CC[C@@H]4C[C@H](O)CC[C@]4(C)C3CC[C@@H]21. The monoisotopic (exact) mass is 376 g/mol. The highest BCUT2D eigenvalue weighted by Gasteiger charge is 2.56. The van der Waals surface area contributed by atoms with Crippen LogP contribution in [0.1, 0.15) is 84.5 Å². The van der Waals surface area contributed by atoms with E-state index in [1.807, 2.05) is 0 Å². The Morgan fingerprint density at radius 1 is 1.07 bits per heavy atom. The summed E-state index contributed by atoms with van der Waals surface area (Å²) in [5.41, 5.74) is 0.488. The molecule has 3 nitrogen and oxygen atoms in total. The maximum Gasteiger partial charge on any atom is 0.305 e. The Balaban J connectivity index is 1.43. The first kappa shape index (κ1) is 19.7. The summed E-state index contributed by atoms with van der Waals surface area (Å²) in [7, 11) is 1.50. The van der Waals surface area contributed by atoms with Crippen molar-refractivity contribution in [1.82, 2.24) is 0 Å². The molecule has 4 saturated carbocycles. The Morgan fingerprint density at radius 3 is 2.59 bits per heavy atom. The van der Waals surface area contributed by atoms with Gasteiger partial charge in [0.2, 0.25) is 0 Å². The number of rotatable bonds is 4. The van der Waals surface area contributed by atoms with Gasteiger partial charge in [0.25, 0.3) is 0 Å². The van der Waals surface area contributed by atoms with Crippen LogP contribution < -0.4 is 0 Å². The smallest absolute Gasteiger partial charge is 0.305 e. The molecule has 0 bridgehead atoms. The first-order chi connectivity index (χ1) is 12.9. The second-order valence-corrected chi connectivity index (χ2v) is 10.7. The van der Waals surface area contributed by atoms with Crippen LogP contribution in [0, 0.1) is 46.8 Å². The molecule has 9 atom stereocenters. The summed E-state index contributed by atoms with van der Waals surface area (Å²) < 4.78 is 4.85. The fraction of sp³-hybridized carbons (Fsp3) is 0.958. The first-order valence-electron chi connectivity index (χ1n) is 11.7. The summed E-state index contributed by atoms with van der Waals surface area (Å²) in [6.45, 7) is 4.95. The Labute approximate surface area is 165 Å². The van der Waals surface area contributed by atoms with Crippen molar-refractivity contribution in [3.05, 3.63) is 0 Å². The zero-order valence-electron chi connectivity index (χ0n) is 17.7. The van der Waals surface area contributed by atoms with Gasteiger partial charge in [-0.2, -0.15) is 0 Å². The third-order valence-electron chi connectivity index (χ3n) is 9.77. The minimum Gasteiger partial charge on any atom is -0.469 e. The van der Waals surface area contributed by atoms with E-state index >= 15 is 0 Å². The lowest BCUT2D eigenvalue weighted by Crippen LogP contribution is -2.52. The Hall–Kier alpha value is -0.570. The van der Waals surface area contributed by atoms with Crippen molar-refractivity contribution in [1.29, 1.82) is 0 Å². The molecule has 154 valence electrons. The summed E-state index contributed by atoms with van der Waals surface area (Å²) in [6.07, 6.45) is 13.2. The van der Waals surface area contributed by atoms with Gasteiger partial charge in [0.1, 0.15) is 0 Å². The standard InChI is InChI=1S/C24H40O3/c1-15(4-11-23(26)27-3)18-7-8-20-19(18)9-10-22-21(20)6-5-16-14-17(25)12-13-24(16,22)2/h15-22,25H,4-14H2,1-3H3/t15?,16-,17-,18-,19-,20?,21?,22?,24+/m1/s1. The number of aliphatic hydroxyl groups is 1. The molecule has 0 aromatic rings. The van der Waals surface area contributed by atoms with Crippen LogP contribution in [-0.2, 0) is 9.53 Å². The third-order valence-corrected chi connectivity index (χ3v) is 9.77. The number of fused-ring (bicyclic) bond motifs is 5. The van der Waals surface area contributed by atoms with Gasteiger partial charge in [-0.15, -0.1) is 0 Å². The summed E-state index contributed by atoms with van der Waals surface area (Å²) in [4.78, 5) is 11.6. The maximum absolute atomic E-state index is 11.6. The highest BCUT2D eigenvalue weighted by molar-refractivity contribution is 5.69. The van der Waals surface area contributed by atoms with E-state index in [1.54, 1.807) is 0 Å². The quantitative estimate of drug-likeness (QED) is 0.686. The van der Waals surface area contributed by atoms with Crippen LogP contribution in [0.3, 0.4) is 0 Å². The van der Waals surface area contributed by atoms with Crippen molar-refractivity contribution < 1.29 is 14.6 Å². The summed E-state index contributed by atoms with van der Waals surface area (Å²) >= 11 is 0. The average molecular weight is 377 g/mol. The van der Waals surface area contributed by atoms with Crippen LogP contribution in [0.5, 0.6) is 0 Å². The molecule has 27 heavy (non-hydrogen) atoms. The van der Waals surface area contributed by atoms with Gasteiger partial charge in [-0.25, -0.2) is 0 Å². The van der Waals surface area contributed by atoms with Crippen LogP contribution in [0.25, 0.3) is 0 Å². The van der Waals surface area contributed by atoms with E-state index in [1.165, 1.54) is 52.1 Å². The predicted molar refractivity (Wildman–Crippen MR) is 107 cm³/mol. The molecule has 0 spiro atoms. The summed E-state index contributed by atoms with van der Waals surface area (Å²) in [5, 5.41) is 10.2. The van der Waals surface area contributed by atoms with Crippen LogP contribution >= 0.6 is 0 Å². The van der Waals surface area contributed by atoms with Crippen molar-refractivity contribution in [2.45, 2.75) is 90.6 Å². The Bertz CT molecular complexity index is 546. The molecule has 1 N–H and O–H groups in total. The van der Waals surface area contributed by atoms with E-state index < -0.39 is 0 Å². The van der Waals surface area contributed by atoms with Gasteiger partial charge in [-0.3, -0.25) is 4.79 Å². The van der Waals surface area contributed by atoms with E-state index in [0.29, 0.717) is 17.8 Å². The lowest BCUT2D eigenvalue weighted by molar-refractivity contribution is -0.141. The molecule has 0 aromatic heterocycles. The largest absolute Gasteiger partial charge is 0.469 e. The minimum atomic E-state index is -0.0501. The van der Waals surface area contributed by atoms with Gasteiger partial charge >= 0.3 is 5.97 Å². The number of carbonyl (C=O) groups excluding carboxylic acids is 1. The highest BCUT2D eigenvalue weighted by Crippen LogP contribution is 2.64. The molecule has 0 aliphatic heterocycles. The lowest BCUT2D eigenvalue weighted by atomic mass is 9.47. The zero-order chi connectivity index (χ0) is 19.2. The van der Waals surface area contributed by atoms with Crippen LogP contribution in [0.4, 0.5) is 0 Å². The number of aliphatic hydroxyl groups excluding tert-OH is 1. The van der Waals surface area contributed by atoms with Crippen molar-refractivity contribution in [2.75, 3.05) is 7.11 Å². The fourth-order valence-electron chi connectivity index (χ4n) is 8.30. The van der Waals surface area contributed by atoms with Crippen LogP contribution in [0.15, 0.2) is 0 Å². The molecule has 4 fully saturated rings. The van der Waals surface area contributed by atoms with Crippen LogP contribution in [-0.4, -0.2) is 24.3 Å². The molecule has 0 heterocycles. The number of esters is 1. The van der Waals surface area contributed by atoms with Gasteiger partial charge in [0.15, 0.2) is 0 Å². The number of hydrogen-bond acceptors (Lipinski definition) is 3.